The van der Waals surface area contributed by atoms with Crippen molar-refractivity contribution in [3.05, 3.63) is 23.2 Å². The van der Waals surface area contributed by atoms with Crippen LogP contribution in [0.3, 0.4) is 0 Å². The van der Waals surface area contributed by atoms with E-state index < -0.39 is 40.7 Å². The smallest absolute Gasteiger partial charge is 0.450 e. The predicted octanol–water partition coefficient (Wildman–Crippen LogP) is 2.35. The Bertz CT molecular complexity index is 511. The molecule has 0 bridgehead atoms. The summed E-state index contributed by atoms with van der Waals surface area (Å²) in [5, 5.41) is 0. The highest BCUT2D eigenvalue weighted by atomic mass is 19.4. The van der Waals surface area contributed by atoms with Crippen molar-refractivity contribution in [2.24, 2.45) is 5.73 Å². The van der Waals surface area contributed by atoms with Gasteiger partial charge in [-0.15, -0.1) is 0 Å². The standard InChI is InChI=1S/C11H12F3NO4/c1-10(2,3)19-9(17)6-4-5(8(15)16)7(18-6)11(12,13)14/h4H,1-3H3,(H2,15,16). The Morgan fingerprint density at radius 1 is 1.26 bits per heavy atom. The number of ether oxygens (including phenoxy) is 1. The Balaban J connectivity index is 3.19. The van der Waals surface area contributed by atoms with Crippen molar-refractivity contribution in [3.63, 3.8) is 0 Å². The number of carbonyl (C=O) groups is 2. The molecule has 19 heavy (non-hydrogen) atoms. The summed E-state index contributed by atoms with van der Waals surface area (Å²) in [6.07, 6.45) is -4.93. The monoisotopic (exact) mass is 279 g/mol. The average Bonchev–Trinajstić information content (AvgIpc) is 2.57. The second kappa shape index (κ2) is 4.60. The van der Waals surface area contributed by atoms with Crippen LogP contribution in [0.5, 0.6) is 0 Å². The minimum Gasteiger partial charge on any atom is -0.454 e. The number of hydrogen-bond donors (Lipinski definition) is 1. The summed E-state index contributed by atoms with van der Waals surface area (Å²) in [6.45, 7) is 4.61. The van der Waals surface area contributed by atoms with Crippen molar-refractivity contribution in [2.75, 3.05) is 0 Å². The fourth-order valence-corrected chi connectivity index (χ4v) is 1.21. The van der Waals surface area contributed by atoms with Crippen molar-refractivity contribution in [1.29, 1.82) is 0 Å². The van der Waals surface area contributed by atoms with E-state index in [1.54, 1.807) is 0 Å². The van der Waals surface area contributed by atoms with Crippen molar-refractivity contribution < 1.29 is 31.9 Å². The summed E-state index contributed by atoms with van der Waals surface area (Å²) >= 11 is 0. The molecule has 1 rings (SSSR count). The first-order chi connectivity index (χ1) is 8.42. The maximum atomic E-state index is 12.6. The van der Waals surface area contributed by atoms with Crippen LogP contribution in [0.1, 0.15) is 47.4 Å². The number of furan rings is 1. The van der Waals surface area contributed by atoms with Crippen LogP contribution in [0.2, 0.25) is 0 Å². The van der Waals surface area contributed by atoms with Gasteiger partial charge in [0.25, 0.3) is 5.91 Å². The van der Waals surface area contributed by atoms with Gasteiger partial charge in [0, 0.05) is 6.07 Å². The molecule has 0 fully saturated rings. The van der Waals surface area contributed by atoms with E-state index >= 15 is 0 Å². The molecule has 0 saturated carbocycles. The second-order valence-corrected chi connectivity index (χ2v) is 4.72. The summed E-state index contributed by atoms with van der Waals surface area (Å²) in [5.41, 5.74) is 2.98. The zero-order valence-electron chi connectivity index (χ0n) is 10.4. The summed E-state index contributed by atoms with van der Waals surface area (Å²) in [7, 11) is 0. The molecule has 1 heterocycles. The third-order valence-electron chi connectivity index (χ3n) is 1.86. The molecule has 0 spiro atoms. The van der Waals surface area contributed by atoms with Crippen LogP contribution in [0.15, 0.2) is 10.5 Å². The van der Waals surface area contributed by atoms with Crippen LogP contribution in [0, 0.1) is 0 Å². The van der Waals surface area contributed by atoms with E-state index in [2.05, 4.69) is 4.42 Å². The minimum atomic E-state index is -4.93. The van der Waals surface area contributed by atoms with Crippen LogP contribution < -0.4 is 5.73 Å². The lowest BCUT2D eigenvalue weighted by molar-refractivity contribution is -0.153. The number of nitrogens with two attached hydrogens (primary N) is 1. The summed E-state index contributed by atoms with van der Waals surface area (Å²) < 4.78 is 46.9. The molecule has 0 aliphatic rings. The maximum Gasteiger partial charge on any atom is 0.450 e. The second-order valence-electron chi connectivity index (χ2n) is 4.72. The van der Waals surface area contributed by atoms with Crippen molar-refractivity contribution >= 4 is 11.9 Å². The molecule has 5 nitrogen and oxygen atoms in total. The number of carbonyl (C=O) groups excluding carboxylic acids is 2. The van der Waals surface area contributed by atoms with E-state index in [1.807, 2.05) is 0 Å². The molecule has 1 aromatic rings. The normalized spacial score (nSPS) is 12.3. The van der Waals surface area contributed by atoms with Crippen molar-refractivity contribution in [1.82, 2.24) is 0 Å². The molecular weight excluding hydrogens is 267 g/mol. The summed E-state index contributed by atoms with van der Waals surface area (Å²) in [6, 6.07) is 0.624. The van der Waals surface area contributed by atoms with Crippen LogP contribution >= 0.6 is 0 Å². The zero-order valence-corrected chi connectivity index (χ0v) is 10.4. The molecule has 8 heteroatoms. The number of hydrogen-bond acceptors (Lipinski definition) is 4. The molecule has 1 amide bonds. The van der Waals surface area contributed by atoms with Gasteiger partial charge in [-0.2, -0.15) is 13.2 Å². The Kier molecular flexibility index (Phi) is 3.65. The minimum absolute atomic E-state index is 0.624. The van der Waals surface area contributed by atoms with Gasteiger partial charge in [0.05, 0.1) is 5.56 Å². The van der Waals surface area contributed by atoms with Crippen LogP contribution in [0.25, 0.3) is 0 Å². The van der Waals surface area contributed by atoms with Gasteiger partial charge in [-0.1, -0.05) is 0 Å². The average molecular weight is 279 g/mol. The van der Waals surface area contributed by atoms with Gasteiger partial charge < -0.3 is 14.9 Å². The molecule has 2 N–H and O–H groups in total. The van der Waals surface area contributed by atoms with E-state index in [0.29, 0.717) is 6.07 Å². The highest BCUT2D eigenvalue weighted by Crippen LogP contribution is 2.34. The lowest BCUT2D eigenvalue weighted by atomic mass is 10.2. The van der Waals surface area contributed by atoms with Gasteiger partial charge in [-0.05, 0) is 20.8 Å². The van der Waals surface area contributed by atoms with E-state index in [9.17, 15) is 22.8 Å². The third-order valence-corrected chi connectivity index (χ3v) is 1.86. The molecule has 0 aromatic carbocycles. The van der Waals surface area contributed by atoms with Gasteiger partial charge in [0.1, 0.15) is 5.60 Å². The molecule has 0 aliphatic carbocycles. The highest BCUT2D eigenvalue weighted by Gasteiger charge is 2.41. The van der Waals surface area contributed by atoms with Gasteiger partial charge in [0.2, 0.25) is 11.5 Å². The zero-order chi connectivity index (χ0) is 15.0. The van der Waals surface area contributed by atoms with Gasteiger partial charge in [0.15, 0.2) is 0 Å². The Labute approximate surface area is 106 Å². The largest absolute Gasteiger partial charge is 0.454 e. The number of primary amides is 1. The Morgan fingerprint density at radius 2 is 1.79 bits per heavy atom. The summed E-state index contributed by atoms with van der Waals surface area (Å²) in [4.78, 5) is 22.4. The lowest BCUT2D eigenvalue weighted by Crippen LogP contribution is -2.23. The van der Waals surface area contributed by atoms with E-state index in [0.717, 1.165) is 0 Å². The Morgan fingerprint density at radius 3 is 2.11 bits per heavy atom. The molecule has 0 saturated heterocycles. The topological polar surface area (TPSA) is 82.5 Å². The number of rotatable bonds is 2. The SMILES string of the molecule is CC(C)(C)OC(=O)c1cc(C(N)=O)c(C(F)(F)F)o1. The molecule has 0 atom stereocenters. The van der Waals surface area contributed by atoms with E-state index in [-0.39, 0.29) is 0 Å². The van der Waals surface area contributed by atoms with Gasteiger partial charge >= 0.3 is 12.1 Å². The third kappa shape index (κ3) is 3.73. The Hall–Kier alpha value is -1.99. The fraction of sp³-hybridized carbons (Fsp3) is 0.455. The van der Waals surface area contributed by atoms with Crippen LogP contribution in [0.4, 0.5) is 13.2 Å². The first-order valence-electron chi connectivity index (χ1n) is 5.16. The molecular formula is C11H12F3NO4. The summed E-state index contributed by atoms with van der Waals surface area (Å²) in [5.74, 6) is -4.78. The molecule has 0 radical (unpaired) electrons. The van der Waals surface area contributed by atoms with E-state index in [1.165, 1.54) is 20.8 Å². The van der Waals surface area contributed by atoms with E-state index in [4.69, 9.17) is 10.5 Å². The first kappa shape index (κ1) is 15.1. The van der Waals surface area contributed by atoms with Gasteiger partial charge in [-0.25, -0.2) is 4.79 Å². The first-order valence-corrected chi connectivity index (χ1v) is 5.16. The number of amides is 1. The fourth-order valence-electron chi connectivity index (χ4n) is 1.21. The predicted molar refractivity (Wildman–Crippen MR) is 57.4 cm³/mol. The number of halogens is 3. The molecule has 1 aromatic heterocycles. The number of alkyl halides is 3. The highest BCUT2D eigenvalue weighted by molar-refractivity contribution is 5.97. The quantitative estimate of drug-likeness (QED) is 0.842. The lowest BCUT2D eigenvalue weighted by Gasteiger charge is -2.18. The molecule has 0 aliphatic heterocycles. The molecule has 0 unspecified atom stereocenters. The number of esters is 1. The van der Waals surface area contributed by atoms with Crippen LogP contribution in [-0.4, -0.2) is 17.5 Å². The van der Waals surface area contributed by atoms with Crippen molar-refractivity contribution in [2.45, 2.75) is 32.5 Å². The van der Waals surface area contributed by atoms with Gasteiger partial charge in [-0.3, -0.25) is 4.79 Å². The maximum absolute atomic E-state index is 12.6. The van der Waals surface area contributed by atoms with Crippen molar-refractivity contribution in [3.8, 4) is 0 Å². The van der Waals surface area contributed by atoms with Crippen LogP contribution in [-0.2, 0) is 10.9 Å². The molecule has 106 valence electrons.